The fourth-order valence-corrected chi connectivity index (χ4v) is 3.75. The van der Waals surface area contributed by atoms with Crippen LogP contribution in [0.4, 0.5) is 0 Å². The Morgan fingerprint density at radius 1 is 1.04 bits per heavy atom. The van der Waals surface area contributed by atoms with Crippen molar-refractivity contribution in [1.82, 2.24) is 4.72 Å². The van der Waals surface area contributed by atoms with Crippen LogP contribution >= 0.6 is 0 Å². The lowest BCUT2D eigenvalue weighted by molar-refractivity contribution is 0.287. The van der Waals surface area contributed by atoms with E-state index in [4.69, 9.17) is 9.47 Å². The Bertz CT molecular complexity index is 757. The zero-order valence-electron chi connectivity index (χ0n) is 14.2. The number of sulfonamides is 1. The summed E-state index contributed by atoms with van der Waals surface area (Å²) in [5.74, 6) is 1.38. The number of hydrogen-bond donors (Lipinski definition) is 1. The molecule has 0 heterocycles. The molecule has 130 valence electrons. The van der Waals surface area contributed by atoms with Gasteiger partial charge in [0.05, 0.1) is 18.9 Å². The van der Waals surface area contributed by atoms with Crippen LogP contribution in [0.2, 0.25) is 0 Å². The summed E-state index contributed by atoms with van der Waals surface area (Å²) in [6.45, 7) is 3.93. The maximum absolute atomic E-state index is 12.3. The van der Waals surface area contributed by atoms with E-state index in [1.165, 1.54) is 0 Å². The molecule has 0 saturated carbocycles. The first kappa shape index (κ1) is 18.3. The van der Waals surface area contributed by atoms with Crippen molar-refractivity contribution in [3.05, 3.63) is 59.7 Å². The van der Waals surface area contributed by atoms with Gasteiger partial charge in [-0.05, 0) is 49.2 Å². The van der Waals surface area contributed by atoms with E-state index in [0.717, 1.165) is 16.9 Å². The van der Waals surface area contributed by atoms with Crippen LogP contribution in [0, 0.1) is 6.92 Å². The molecule has 0 aliphatic carbocycles. The number of nitrogens with one attached hydrogen (secondary N) is 1. The Hall–Kier alpha value is -2.05. The largest absolute Gasteiger partial charge is 0.497 e. The van der Waals surface area contributed by atoms with Gasteiger partial charge in [0.1, 0.15) is 18.1 Å². The van der Waals surface area contributed by atoms with Gasteiger partial charge in [-0.1, -0.05) is 24.3 Å². The highest BCUT2D eigenvalue weighted by Crippen LogP contribution is 2.17. The van der Waals surface area contributed by atoms with Crippen LogP contribution in [0.5, 0.6) is 11.5 Å². The molecule has 0 radical (unpaired) electrons. The summed E-state index contributed by atoms with van der Waals surface area (Å²) in [4.78, 5) is 0. The molecule has 0 amide bonds. The van der Waals surface area contributed by atoms with Crippen LogP contribution in [0.25, 0.3) is 0 Å². The minimum absolute atomic E-state index is 0.0352. The molecule has 0 bridgehead atoms. The number of methoxy groups -OCH3 is 1. The number of rotatable bonds is 8. The molecule has 0 fully saturated rings. The van der Waals surface area contributed by atoms with Crippen molar-refractivity contribution < 1.29 is 17.9 Å². The second kappa shape index (κ2) is 8.17. The lowest BCUT2D eigenvalue weighted by atomic mass is 10.1. The van der Waals surface area contributed by atoms with E-state index in [1.54, 1.807) is 38.3 Å². The van der Waals surface area contributed by atoms with E-state index in [2.05, 4.69) is 4.72 Å². The van der Waals surface area contributed by atoms with Crippen LogP contribution in [0.1, 0.15) is 18.1 Å². The summed E-state index contributed by atoms with van der Waals surface area (Å²) in [5, 5.41) is 0. The van der Waals surface area contributed by atoms with Gasteiger partial charge in [0.25, 0.3) is 0 Å². The van der Waals surface area contributed by atoms with E-state index in [1.807, 2.05) is 31.2 Å². The van der Waals surface area contributed by atoms with Crippen molar-refractivity contribution in [2.45, 2.75) is 25.6 Å². The lowest BCUT2D eigenvalue weighted by Gasteiger charge is -2.16. The minimum Gasteiger partial charge on any atom is -0.497 e. The Labute approximate surface area is 143 Å². The topological polar surface area (TPSA) is 64.6 Å². The van der Waals surface area contributed by atoms with Crippen molar-refractivity contribution >= 4 is 10.0 Å². The number of hydrogen-bond acceptors (Lipinski definition) is 4. The standard InChI is InChI=1S/C18H23NO4S/c1-14-6-4-5-7-16(14)13-24(20,21)19-15(2)12-23-18-10-8-17(22-3)9-11-18/h4-11,15,19H,12-13H2,1-3H3/t15-/m0/s1. The van der Waals surface area contributed by atoms with Gasteiger partial charge in [-0.2, -0.15) is 0 Å². The highest BCUT2D eigenvalue weighted by atomic mass is 32.2. The summed E-state index contributed by atoms with van der Waals surface area (Å²) in [5.41, 5.74) is 1.76. The first-order chi connectivity index (χ1) is 11.4. The predicted octanol–water partition coefficient (Wildman–Crippen LogP) is 2.89. The zero-order valence-corrected chi connectivity index (χ0v) is 15.0. The van der Waals surface area contributed by atoms with Gasteiger partial charge in [-0.15, -0.1) is 0 Å². The molecule has 1 N–H and O–H groups in total. The quantitative estimate of drug-likeness (QED) is 0.796. The Morgan fingerprint density at radius 3 is 2.29 bits per heavy atom. The van der Waals surface area contributed by atoms with Gasteiger partial charge in [-0.3, -0.25) is 0 Å². The molecular weight excluding hydrogens is 326 g/mol. The Morgan fingerprint density at radius 2 is 1.67 bits per heavy atom. The normalized spacial score (nSPS) is 12.6. The van der Waals surface area contributed by atoms with Gasteiger partial charge in [-0.25, -0.2) is 13.1 Å². The third kappa shape index (κ3) is 5.54. The van der Waals surface area contributed by atoms with Gasteiger partial charge < -0.3 is 9.47 Å². The average molecular weight is 349 g/mol. The van der Waals surface area contributed by atoms with E-state index in [9.17, 15) is 8.42 Å². The van der Waals surface area contributed by atoms with Crippen molar-refractivity contribution in [2.75, 3.05) is 13.7 Å². The Balaban J connectivity index is 1.88. The maximum atomic E-state index is 12.3. The van der Waals surface area contributed by atoms with E-state index < -0.39 is 10.0 Å². The van der Waals surface area contributed by atoms with Gasteiger partial charge >= 0.3 is 0 Å². The first-order valence-electron chi connectivity index (χ1n) is 7.71. The third-order valence-electron chi connectivity index (χ3n) is 3.55. The summed E-state index contributed by atoms with van der Waals surface area (Å²) in [7, 11) is -1.82. The van der Waals surface area contributed by atoms with Gasteiger partial charge in [0.2, 0.25) is 10.0 Å². The molecule has 2 rings (SSSR count). The molecule has 24 heavy (non-hydrogen) atoms. The summed E-state index contributed by atoms with van der Waals surface area (Å²) >= 11 is 0. The van der Waals surface area contributed by atoms with Crippen LogP contribution in [0.3, 0.4) is 0 Å². The van der Waals surface area contributed by atoms with Crippen LogP contribution in [-0.4, -0.2) is 28.2 Å². The minimum atomic E-state index is -3.42. The van der Waals surface area contributed by atoms with E-state index in [0.29, 0.717) is 5.75 Å². The monoisotopic (exact) mass is 349 g/mol. The predicted molar refractivity (Wildman–Crippen MR) is 94.9 cm³/mol. The van der Waals surface area contributed by atoms with Crippen molar-refractivity contribution in [2.24, 2.45) is 0 Å². The molecule has 1 atom stereocenters. The molecule has 0 saturated heterocycles. The molecule has 2 aromatic carbocycles. The molecule has 0 unspecified atom stereocenters. The zero-order chi connectivity index (χ0) is 17.6. The second-order valence-corrected chi connectivity index (χ2v) is 7.44. The number of ether oxygens (including phenoxy) is 2. The van der Waals surface area contributed by atoms with Crippen molar-refractivity contribution in [3.63, 3.8) is 0 Å². The highest BCUT2D eigenvalue weighted by molar-refractivity contribution is 7.88. The fraction of sp³-hybridized carbons (Fsp3) is 0.333. The first-order valence-corrected chi connectivity index (χ1v) is 9.36. The average Bonchev–Trinajstić information content (AvgIpc) is 2.55. The third-order valence-corrected chi connectivity index (χ3v) is 5.00. The van der Waals surface area contributed by atoms with E-state index >= 15 is 0 Å². The van der Waals surface area contributed by atoms with Crippen LogP contribution in [0.15, 0.2) is 48.5 Å². The van der Waals surface area contributed by atoms with Crippen molar-refractivity contribution in [1.29, 1.82) is 0 Å². The summed E-state index contributed by atoms with van der Waals surface area (Å²) < 4.78 is 37.9. The molecule has 0 aliphatic rings. The van der Waals surface area contributed by atoms with E-state index in [-0.39, 0.29) is 18.4 Å². The lowest BCUT2D eigenvalue weighted by Crippen LogP contribution is -2.37. The van der Waals surface area contributed by atoms with Gasteiger partial charge in [0, 0.05) is 0 Å². The van der Waals surface area contributed by atoms with Crippen LogP contribution in [-0.2, 0) is 15.8 Å². The Kier molecular flexibility index (Phi) is 6.23. The SMILES string of the molecule is COc1ccc(OC[C@H](C)NS(=O)(=O)Cc2ccccc2C)cc1. The molecule has 0 aromatic heterocycles. The fourth-order valence-electron chi connectivity index (χ4n) is 2.25. The summed E-state index contributed by atoms with van der Waals surface area (Å²) in [6.07, 6.45) is 0. The number of benzene rings is 2. The molecule has 6 heteroatoms. The summed E-state index contributed by atoms with van der Waals surface area (Å²) in [6, 6.07) is 14.3. The molecular formula is C18H23NO4S. The maximum Gasteiger partial charge on any atom is 0.216 e. The smallest absolute Gasteiger partial charge is 0.216 e. The highest BCUT2D eigenvalue weighted by Gasteiger charge is 2.16. The van der Waals surface area contributed by atoms with Crippen LogP contribution < -0.4 is 14.2 Å². The van der Waals surface area contributed by atoms with Gasteiger partial charge in [0.15, 0.2) is 0 Å². The molecule has 2 aromatic rings. The molecule has 5 nitrogen and oxygen atoms in total. The number of aryl methyl sites for hydroxylation is 1. The molecule has 0 aliphatic heterocycles. The molecule has 0 spiro atoms. The van der Waals surface area contributed by atoms with Crippen molar-refractivity contribution in [3.8, 4) is 11.5 Å². The second-order valence-electron chi connectivity index (χ2n) is 5.69.